The monoisotopic (exact) mass is 391 g/mol. The molecule has 140 valence electrons. The third-order valence-electron chi connectivity index (χ3n) is 4.48. The van der Waals surface area contributed by atoms with Gasteiger partial charge in [-0.15, -0.1) is 11.3 Å². The Balaban J connectivity index is 1.43. The normalized spacial score (nSPS) is 15.4. The number of rotatable bonds is 5. The van der Waals surface area contributed by atoms with Crippen LogP contribution in [0.4, 0.5) is 5.69 Å². The third kappa shape index (κ3) is 5.11. The van der Waals surface area contributed by atoms with Crippen molar-refractivity contribution in [2.75, 3.05) is 44.7 Å². The van der Waals surface area contributed by atoms with Gasteiger partial charge in [0, 0.05) is 68.0 Å². The SMILES string of the molecule is CN=C(NCCCc1nc(C)cs1)N1CCN(c2cccc(Cl)c2)CC1. The number of nitrogens with zero attached hydrogens (tertiary/aromatic N) is 4. The minimum atomic E-state index is 0.790. The van der Waals surface area contributed by atoms with Crippen molar-refractivity contribution in [2.24, 2.45) is 4.99 Å². The van der Waals surface area contributed by atoms with Crippen LogP contribution < -0.4 is 10.2 Å². The lowest BCUT2D eigenvalue weighted by Crippen LogP contribution is -2.52. The Hall–Kier alpha value is -1.79. The summed E-state index contributed by atoms with van der Waals surface area (Å²) >= 11 is 7.86. The van der Waals surface area contributed by atoms with Crippen molar-refractivity contribution in [3.8, 4) is 0 Å². The van der Waals surface area contributed by atoms with Gasteiger partial charge in [0.2, 0.25) is 0 Å². The number of aromatic nitrogens is 1. The Kier molecular flexibility index (Phi) is 6.74. The molecular weight excluding hydrogens is 366 g/mol. The van der Waals surface area contributed by atoms with E-state index < -0.39 is 0 Å². The second-order valence-corrected chi connectivity index (χ2v) is 7.79. The van der Waals surface area contributed by atoms with E-state index >= 15 is 0 Å². The highest BCUT2D eigenvalue weighted by atomic mass is 35.5. The van der Waals surface area contributed by atoms with Crippen molar-refractivity contribution in [3.63, 3.8) is 0 Å². The minimum Gasteiger partial charge on any atom is -0.368 e. The van der Waals surface area contributed by atoms with Crippen LogP contribution in [0.15, 0.2) is 34.6 Å². The first-order chi connectivity index (χ1) is 12.7. The molecule has 0 amide bonds. The van der Waals surface area contributed by atoms with Crippen LogP contribution in [-0.2, 0) is 6.42 Å². The number of guanidine groups is 1. The molecule has 0 unspecified atom stereocenters. The van der Waals surface area contributed by atoms with Crippen LogP contribution in [0.2, 0.25) is 5.02 Å². The number of anilines is 1. The second kappa shape index (κ2) is 9.24. The lowest BCUT2D eigenvalue weighted by Gasteiger charge is -2.37. The summed E-state index contributed by atoms with van der Waals surface area (Å²) in [5, 5.41) is 7.61. The molecule has 1 aromatic heterocycles. The van der Waals surface area contributed by atoms with Crippen molar-refractivity contribution < 1.29 is 0 Å². The van der Waals surface area contributed by atoms with Gasteiger partial charge in [-0.2, -0.15) is 0 Å². The molecule has 0 atom stereocenters. The highest BCUT2D eigenvalue weighted by molar-refractivity contribution is 7.09. The Bertz CT molecular complexity index is 737. The fourth-order valence-corrected chi connectivity index (χ4v) is 4.14. The number of piperazine rings is 1. The van der Waals surface area contributed by atoms with Crippen molar-refractivity contribution in [1.82, 2.24) is 15.2 Å². The number of halogens is 1. The minimum absolute atomic E-state index is 0.790. The summed E-state index contributed by atoms with van der Waals surface area (Å²) in [5.74, 6) is 0.992. The van der Waals surface area contributed by atoms with Crippen LogP contribution in [0.25, 0.3) is 0 Å². The first-order valence-corrected chi connectivity index (χ1v) is 10.3. The molecule has 0 spiro atoms. The predicted molar refractivity (Wildman–Crippen MR) is 112 cm³/mol. The zero-order valence-corrected chi connectivity index (χ0v) is 17.0. The molecule has 2 aromatic rings. The number of nitrogens with one attached hydrogen (secondary N) is 1. The van der Waals surface area contributed by atoms with Crippen molar-refractivity contribution in [3.05, 3.63) is 45.4 Å². The first-order valence-electron chi connectivity index (χ1n) is 9.03. The van der Waals surface area contributed by atoms with Crippen LogP contribution in [0.1, 0.15) is 17.1 Å². The van der Waals surface area contributed by atoms with Crippen molar-refractivity contribution in [1.29, 1.82) is 0 Å². The maximum absolute atomic E-state index is 6.11. The molecule has 0 bridgehead atoms. The number of thiazole rings is 1. The fraction of sp³-hybridized carbons (Fsp3) is 0.474. The topological polar surface area (TPSA) is 43.8 Å². The van der Waals surface area contributed by atoms with Gasteiger partial charge in [-0.1, -0.05) is 17.7 Å². The van der Waals surface area contributed by atoms with E-state index in [1.165, 1.54) is 10.7 Å². The molecule has 7 heteroatoms. The quantitative estimate of drug-likeness (QED) is 0.481. The van der Waals surface area contributed by atoms with Gasteiger partial charge in [0.15, 0.2) is 5.96 Å². The molecule has 2 heterocycles. The van der Waals surface area contributed by atoms with Gasteiger partial charge >= 0.3 is 0 Å². The number of aryl methyl sites for hydroxylation is 2. The predicted octanol–water partition coefficient (Wildman–Crippen LogP) is 3.44. The molecule has 0 radical (unpaired) electrons. The van der Waals surface area contributed by atoms with Gasteiger partial charge in [-0.3, -0.25) is 4.99 Å². The van der Waals surface area contributed by atoms with Gasteiger partial charge in [-0.25, -0.2) is 4.98 Å². The molecule has 0 saturated carbocycles. The standard InChI is InChI=1S/C19H26ClN5S/c1-15-14-26-18(23-15)7-4-8-22-19(21-2)25-11-9-24(10-12-25)17-6-3-5-16(20)13-17/h3,5-6,13-14H,4,7-12H2,1-2H3,(H,21,22). The molecule has 3 rings (SSSR count). The molecule has 5 nitrogen and oxygen atoms in total. The molecule has 1 saturated heterocycles. The fourth-order valence-electron chi connectivity index (χ4n) is 3.14. The van der Waals surface area contributed by atoms with Crippen LogP contribution in [0, 0.1) is 6.92 Å². The van der Waals surface area contributed by atoms with E-state index in [1.54, 1.807) is 11.3 Å². The zero-order valence-electron chi connectivity index (χ0n) is 15.4. The second-order valence-electron chi connectivity index (χ2n) is 6.41. The van der Waals surface area contributed by atoms with E-state index in [0.717, 1.165) is 62.2 Å². The molecule has 1 fully saturated rings. The third-order valence-corrected chi connectivity index (χ3v) is 5.74. The summed E-state index contributed by atoms with van der Waals surface area (Å²) in [7, 11) is 1.86. The Morgan fingerprint density at radius 3 is 2.77 bits per heavy atom. The average molecular weight is 392 g/mol. The van der Waals surface area contributed by atoms with Crippen molar-refractivity contribution >= 4 is 34.6 Å². The Morgan fingerprint density at radius 2 is 2.12 bits per heavy atom. The maximum atomic E-state index is 6.11. The molecule has 0 aliphatic carbocycles. The van der Waals surface area contributed by atoms with E-state index in [1.807, 2.05) is 32.2 Å². The summed E-state index contributed by atoms with van der Waals surface area (Å²) in [6.45, 7) is 6.82. The highest BCUT2D eigenvalue weighted by Gasteiger charge is 2.19. The summed E-state index contributed by atoms with van der Waals surface area (Å²) < 4.78 is 0. The molecule has 26 heavy (non-hydrogen) atoms. The molecular formula is C19H26ClN5S. The summed E-state index contributed by atoms with van der Waals surface area (Å²) in [6, 6.07) is 8.08. The van der Waals surface area contributed by atoms with E-state index in [2.05, 4.69) is 36.5 Å². The molecule has 1 N–H and O–H groups in total. The zero-order chi connectivity index (χ0) is 18.4. The van der Waals surface area contributed by atoms with Crippen molar-refractivity contribution in [2.45, 2.75) is 19.8 Å². The number of hydrogen-bond acceptors (Lipinski definition) is 4. The Labute approximate surface area is 164 Å². The van der Waals surface area contributed by atoms with Crippen LogP contribution in [-0.4, -0.2) is 55.6 Å². The Morgan fingerprint density at radius 1 is 1.31 bits per heavy atom. The van der Waals surface area contributed by atoms with E-state index in [-0.39, 0.29) is 0 Å². The van der Waals surface area contributed by atoms with Crippen LogP contribution in [0.5, 0.6) is 0 Å². The first kappa shape index (κ1) is 19.0. The molecule has 1 aliphatic rings. The van der Waals surface area contributed by atoms with Gasteiger partial charge in [-0.05, 0) is 31.5 Å². The van der Waals surface area contributed by atoms with Crippen LogP contribution in [0.3, 0.4) is 0 Å². The van der Waals surface area contributed by atoms with Gasteiger partial charge in [0.25, 0.3) is 0 Å². The lowest BCUT2D eigenvalue weighted by atomic mass is 10.2. The van der Waals surface area contributed by atoms with Gasteiger partial charge < -0.3 is 15.1 Å². The number of aliphatic imine (C=N–C) groups is 1. The summed E-state index contributed by atoms with van der Waals surface area (Å²) in [4.78, 5) is 13.7. The summed E-state index contributed by atoms with van der Waals surface area (Å²) in [6.07, 6.45) is 2.08. The smallest absolute Gasteiger partial charge is 0.193 e. The largest absolute Gasteiger partial charge is 0.368 e. The number of hydrogen-bond donors (Lipinski definition) is 1. The van der Waals surface area contributed by atoms with E-state index in [0.29, 0.717) is 0 Å². The van der Waals surface area contributed by atoms with E-state index in [9.17, 15) is 0 Å². The summed E-state index contributed by atoms with van der Waals surface area (Å²) in [5.41, 5.74) is 2.31. The van der Waals surface area contributed by atoms with Gasteiger partial charge in [0.1, 0.15) is 0 Å². The molecule has 1 aliphatic heterocycles. The van der Waals surface area contributed by atoms with Gasteiger partial charge in [0.05, 0.1) is 5.01 Å². The van der Waals surface area contributed by atoms with Crippen LogP contribution >= 0.6 is 22.9 Å². The molecule has 1 aromatic carbocycles. The maximum Gasteiger partial charge on any atom is 0.193 e. The van der Waals surface area contributed by atoms with E-state index in [4.69, 9.17) is 11.6 Å². The highest BCUT2D eigenvalue weighted by Crippen LogP contribution is 2.20. The number of benzene rings is 1. The average Bonchev–Trinajstić information content (AvgIpc) is 3.07. The lowest BCUT2D eigenvalue weighted by molar-refractivity contribution is 0.372.